The molecule has 2 aliphatic carbocycles. The molecular weight excluding hydrogens is 414 g/mol. The van der Waals surface area contributed by atoms with E-state index in [9.17, 15) is 4.79 Å². The van der Waals surface area contributed by atoms with Crippen LogP contribution in [0.25, 0.3) is 10.2 Å². The van der Waals surface area contributed by atoms with Crippen LogP contribution in [0.3, 0.4) is 0 Å². The number of aromatic nitrogens is 2. The minimum Gasteiger partial charge on any atom is -0.497 e. The van der Waals surface area contributed by atoms with Crippen LogP contribution in [0.2, 0.25) is 0 Å². The van der Waals surface area contributed by atoms with E-state index in [1.54, 1.807) is 18.9 Å². The Bertz CT molecular complexity index is 1070. The number of fused-ring (bicyclic) bond motifs is 3. The average molecular weight is 440 g/mol. The molecule has 7 heteroatoms. The molecule has 5 rings (SSSR count). The number of carbonyl (C=O) groups excluding carboxylic acids is 1. The van der Waals surface area contributed by atoms with Crippen LogP contribution >= 0.6 is 23.1 Å². The average Bonchev–Trinajstić information content (AvgIpc) is 3.56. The standard InChI is InChI=1S/C23H25N3O2S2/c1-28-16-10-6-14(7-11-16)12-24-19(27)13-29-22-20-17-4-2-3-5-18(17)30-23(20)26-21(25-22)15-8-9-15/h6-7,10-11,15H,2-5,8-9,12-13H2,1H3,(H,24,27). The maximum absolute atomic E-state index is 12.5. The first-order chi connectivity index (χ1) is 14.7. The first-order valence-corrected chi connectivity index (χ1v) is 12.4. The molecule has 0 aliphatic heterocycles. The van der Waals surface area contributed by atoms with Crippen molar-refractivity contribution in [3.63, 3.8) is 0 Å². The lowest BCUT2D eigenvalue weighted by atomic mass is 9.97. The molecule has 2 heterocycles. The lowest BCUT2D eigenvalue weighted by molar-refractivity contribution is -0.118. The van der Waals surface area contributed by atoms with E-state index in [2.05, 4.69) is 5.32 Å². The second-order valence-corrected chi connectivity index (χ2v) is 10.0. The van der Waals surface area contributed by atoms with Crippen LogP contribution in [0.1, 0.15) is 53.4 Å². The highest BCUT2D eigenvalue weighted by Crippen LogP contribution is 2.43. The zero-order valence-electron chi connectivity index (χ0n) is 17.1. The van der Waals surface area contributed by atoms with Crippen molar-refractivity contribution in [3.8, 4) is 5.75 Å². The summed E-state index contributed by atoms with van der Waals surface area (Å²) in [6.45, 7) is 0.518. The van der Waals surface area contributed by atoms with E-state index in [-0.39, 0.29) is 5.91 Å². The summed E-state index contributed by atoms with van der Waals surface area (Å²) in [4.78, 5) is 24.9. The molecule has 0 saturated heterocycles. The van der Waals surface area contributed by atoms with Gasteiger partial charge in [0.2, 0.25) is 5.91 Å². The minimum absolute atomic E-state index is 0.0275. The van der Waals surface area contributed by atoms with Crippen molar-refractivity contribution < 1.29 is 9.53 Å². The van der Waals surface area contributed by atoms with Crippen LogP contribution in [0.4, 0.5) is 0 Å². The second kappa shape index (κ2) is 8.55. The molecule has 2 aliphatic rings. The molecule has 1 saturated carbocycles. The fourth-order valence-corrected chi connectivity index (χ4v) is 6.12. The van der Waals surface area contributed by atoms with Crippen LogP contribution in [-0.2, 0) is 24.2 Å². The summed E-state index contributed by atoms with van der Waals surface area (Å²) >= 11 is 3.40. The zero-order valence-corrected chi connectivity index (χ0v) is 18.7. The van der Waals surface area contributed by atoms with Gasteiger partial charge in [0.1, 0.15) is 21.4 Å². The van der Waals surface area contributed by atoms with Gasteiger partial charge in [-0.2, -0.15) is 0 Å². The summed E-state index contributed by atoms with van der Waals surface area (Å²) in [6, 6.07) is 7.76. The maximum atomic E-state index is 12.5. The summed E-state index contributed by atoms with van der Waals surface area (Å²) in [6.07, 6.45) is 7.13. The highest BCUT2D eigenvalue weighted by atomic mass is 32.2. The van der Waals surface area contributed by atoms with E-state index in [4.69, 9.17) is 14.7 Å². The van der Waals surface area contributed by atoms with Crippen LogP contribution < -0.4 is 10.1 Å². The summed E-state index contributed by atoms with van der Waals surface area (Å²) in [7, 11) is 1.65. The molecule has 1 fully saturated rings. The van der Waals surface area contributed by atoms with Gasteiger partial charge in [-0.25, -0.2) is 9.97 Å². The van der Waals surface area contributed by atoms with E-state index in [0.717, 1.165) is 39.8 Å². The Morgan fingerprint density at radius 1 is 1.20 bits per heavy atom. The molecular formula is C23H25N3O2S2. The monoisotopic (exact) mass is 439 g/mol. The number of hydrogen-bond donors (Lipinski definition) is 1. The van der Waals surface area contributed by atoms with E-state index in [1.165, 1.54) is 41.5 Å². The number of nitrogens with zero attached hydrogens (tertiary/aromatic N) is 2. The number of methoxy groups -OCH3 is 1. The summed E-state index contributed by atoms with van der Waals surface area (Å²) in [5, 5.41) is 5.23. The van der Waals surface area contributed by atoms with E-state index >= 15 is 0 Å². The van der Waals surface area contributed by atoms with Gasteiger partial charge >= 0.3 is 0 Å². The van der Waals surface area contributed by atoms with Gasteiger partial charge in [-0.15, -0.1) is 11.3 Å². The van der Waals surface area contributed by atoms with Crippen LogP contribution in [0.15, 0.2) is 29.3 Å². The van der Waals surface area contributed by atoms with Gasteiger partial charge in [0.25, 0.3) is 0 Å². The molecule has 3 aromatic rings. The molecule has 30 heavy (non-hydrogen) atoms. The van der Waals surface area contributed by atoms with Crippen molar-refractivity contribution >= 4 is 39.2 Å². The Kier molecular flexibility index (Phi) is 5.65. The summed E-state index contributed by atoms with van der Waals surface area (Å²) in [5.74, 6) is 2.70. The van der Waals surface area contributed by atoms with E-state index in [1.807, 2.05) is 35.6 Å². The van der Waals surface area contributed by atoms with Crippen molar-refractivity contribution in [2.75, 3.05) is 12.9 Å². The van der Waals surface area contributed by atoms with Gasteiger partial charge in [-0.3, -0.25) is 4.79 Å². The molecule has 1 aromatic carbocycles. The molecule has 156 valence electrons. The third-order valence-electron chi connectivity index (χ3n) is 5.73. The summed E-state index contributed by atoms with van der Waals surface area (Å²) < 4.78 is 5.18. The largest absolute Gasteiger partial charge is 0.497 e. The number of ether oxygens (including phenoxy) is 1. The SMILES string of the molecule is COc1ccc(CNC(=O)CSc2nc(C3CC3)nc3sc4c(c23)CCCC4)cc1. The van der Waals surface area contributed by atoms with Crippen molar-refractivity contribution in [2.45, 2.75) is 56.0 Å². The number of thioether (sulfide) groups is 1. The first kappa shape index (κ1) is 19.8. The number of benzene rings is 1. The summed E-state index contributed by atoms with van der Waals surface area (Å²) in [5.41, 5.74) is 2.49. The number of hydrogen-bond acceptors (Lipinski definition) is 6. The highest BCUT2D eigenvalue weighted by molar-refractivity contribution is 8.00. The second-order valence-electron chi connectivity index (χ2n) is 7.97. The number of rotatable bonds is 7. The zero-order chi connectivity index (χ0) is 20.5. The lowest BCUT2D eigenvalue weighted by Gasteiger charge is -2.12. The van der Waals surface area contributed by atoms with Crippen LogP contribution in [0, 0.1) is 0 Å². The van der Waals surface area contributed by atoms with Crippen molar-refractivity contribution in [1.82, 2.24) is 15.3 Å². The molecule has 5 nitrogen and oxygen atoms in total. The Morgan fingerprint density at radius 2 is 2.00 bits per heavy atom. The highest BCUT2D eigenvalue weighted by Gasteiger charge is 2.29. The predicted molar refractivity (Wildman–Crippen MR) is 122 cm³/mol. The number of amides is 1. The molecule has 0 spiro atoms. The van der Waals surface area contributed by atoms with Gasteiger partial charge in [0.15, 0.2) is 0 Å². The third kappa shape index (κ3) is 4.18. The van der Waals surface area contributed by atoms with Gasteiger partial charge in [-0.05, 0) is 61.8 Å². The molecule has 0 bridgehead atoms. The molecule has 0 atom stereocenters. The fourth-order valence-electron chi connectivity index (χ4n) is 3.90. The van der Waals surface area contributed by atoms with Gasteiger partial charge < -0.3 is 10.1 Å². The number of aryl methyl sites for hydroxylation is 2. The Balaban J connectivity index is 1.30. The van der Waals surface area contributed by atoms with Gasteiger partial charge in [-0.1, -0.05) is 23.9 Å². The van der Waals surface area contributed by atoms with Crippen LogP contribution in [0.5, 0.6) is 5.75 Å². The topological polar surface area (TPSA) is 64.1 Å². The molecule has 1 N–H and O–H groups in total. The molecule has 2 aromatic heterocycles. The first-order valence-electron chi connectivity index (χ1n) is 10.6. The smallest absolute Gasteiger partial charge is 0.230 e. The Labute approximate surface area is 184 Å². The van der Waals surface area contributed by atoms with Crippen molar-refractivity contribution in [1.29, 1.82) is 0 Å². The van der Waals surface area contributed by atoms with Crippen molar-refractivity contribution in [2.24, 2.45) is 0 Å². The van der Waals surface area contributed by atoms with Crippen molar-refractivity contribution in [3.05, 3.63) is 46.1 Å². The minimum atomic E-state index is 0.0275. The molecule has 0 unspecified atom stereocenters. The molecule has 1 amide bonds. The quantitative estimate of drug-likeness (QED) is 0.421. The van der Waals surface area contributed by atoms with E-state index in [0.29, 0.717) is 18.2 Å². The third-order valence-corrected chi connectivity index (χ3v) is 7.89. The fraction of sp³-hybridized carbons (Fsp3) is 0.435. The van der Waals surface area contributed by atoms with Crippen LogP contribution in [-0.4, -0.2) is 28.7 Å². The number of thiophene rings is 1. The Morgan fingerprint density at radius 3 is 2.77 bits per heavy atom. The van der Waals surface area contributed by atoms with Gasteiger partial charge in [0, 0.05) is 22.7 Å². The number of carbonyl (C=O) groups is 1. The van der Waals surface area contributed by atoms with Gasteiger partial charge in [0.05, 0.1) is 12.9 Å². The normalized spacial score (nSPS) is 15.8. The Hall–Kier alpha value is -2.12. The molecule has 0 radical (unpaired) electrons. The maximum Gasteiger partial charge on any atom is 0.230 e. The van der Waals surface area contributed by atoms with E-state index < -0.39 is 0 Å². The number of nitrogens with one attached hydrogen (secondary N) is 1. The lowest BCUT2D eigenvalue weighted by Crippen LogP contribution is -2.24. The predicted octanol–water partition coefficient (Wildman–Crippen LogP) is 4.86.